The minimum Gasteiger partial charge on any atom is -0.481 e. The molecule has 0 radical (unpaired) electrons. The summed E-state index contributed by atoms with van der Waals surface area (Å²) in [4.78, 5) is 38.4. The van der Waals surface area contributed by atoms with Crippen LogP contribution in [0.4, 0.5) is 0 Å². The summed E-state index contributed by atoms with van der Waals surface area (Å²) in [7, 11) is 0. The molecule has 35 heavy (non-hydrogen) atoms. The lowest BCUT2D eigenvalue weighted by Crippen LogP contribution is -2.34. The first kappa shape index (κ1) is 23.0. The number of hydrogen-bond acceptors (Lipinski definition) is 4. The van der Waals surface area contributed by atoms with E-state index in [0.29, 0.717) is 28.8 Å². The first-order valence-corrected chi connectivity index (χ1v) is 11.9. The highest BCUT2D eigenvalue weighted by Crippen LogP contribution is 2.40. The number of Topliss-reactive ketones (excluding diaryl/α,β-unsaturated/α-hetero) is 1. The average molecular weight is 487 g/mol. The van der Waals surface area contributed by atoms with Gasteiger partial charge in [-0.1, -0.05) is 66.2 Å². The van der Waals surface area contributed by atoms with Gasteiger partial charge in [0.2, 0.25) is 0 Å². The van der Waals surface area contributed by atoms with Crippen molar-refractivity contribution in [1.29, 1.82) is 0 Å². The van der Waals surface area contributed by atoms with Crippen LogP contribution in [-0.4, -0.2) is 26.6 Å². The van der Waals surface area contributed by atoms with Crippen molar-refractivity contribution in [2.75, 3.05) is 0 Å². The fourth-order valence-electron chi connectivity index (χ4n) is 5.12. The van der Waals surface area contributed by atoms with Crippen LogP contribution in [-0.2, 0) is 11.3 Å². The quantitative estimate of drug-likeness (QED) is 0.372. The number of rotatable bonds is 6. The molecule has 3 aromatic carbocycles. The molecule has 176 valence electrons. The summed E-state index contributed by atoms with van der Waals surface area (Å²) in [5, 5.41) is 16.2. The first-order valence-electron chi connectivity index (χ1n) is 11.5. The molecule has 6 nitrogen and oxygen atoms in total. The monoisotopic (exact) mass is 486 g/mol. The Hall–Kier alpha value is -3.77. The molecule has 0 spiro atoms. The Morgan fingerprint density at radius 2 is 1.60 bits per heavy atom. The van der Waals surface area contributed by atoms with Crippen LogP contribution in [0.25, 0.3) is 21.9 Å². The highest BCUT2D eigenvalue weighted by atomic mass is 35.5. The van der Waals surface area contributed by atoms with E-state index in [1.54, 1.807) is 30.5 Å². The van der Waals surface area contributed by atoms with Gasteiger partial charge >= 0.3 is 5.97 Å². The third-order valence-corrected chi connectivity index (χ3v) is 7.18. The highest BCUT2D eigenvalue weighted by molar-refractivity contribution is 6.30. The number of carboxylic acid groups (broad SMARTS) is 1. The Bertz CT molecular complexity index is 1460. The maximum Gasteiger partial charge on any atom is 0.307 e. The number of hydrogen-bond donors (Lipinski definition) is 1. The summed E-state index contributed by atoms with van der Waals surface area (Å²) in [6, 6.07) is 21.8. The van der Waals surface area contributed by atoms with Crippen molar-refractivity contribution >= 4 is 34.1 Å². The van der Waals surface area contributed by atoms with Gasteiger partial charge in [-0.15, -0.1) is 0 Å². The van der Waals surface area contributed by atoms with Crippen LogP contribution in [0.5, 0.6) is 0 Å². The van der Waals surface area contributed by atoms with Crippen molar-refractivity contribution < 1.29 is 14.7 Å². The number of carbonyl (C=O) groups excluding carboxylic acids is 1. The topological polar surface area (TPSA) is 89.3 Å². The van der Waals surface area contributed by atoms with Gasteiger partial charge in [-0.3, -0.25) is 14.4 Å². The minimum atomic E-state index is -1.02. The summed E-state index contributed by atoms with van der Waals surface area (Å²) in [5.41, 5.74) is 2.16. The van der Waals surface area contributed by atoms with E-state index in [4.69, 9.17) is 11.6 Å². The van der Waals surface area contributed by atoms with Crippen molar-refractivity contribution in [3.63, 3.8) is 0 Å². The number of benzene rings is 3. The average Bonchev–Trinajstić information content (AvgIpc) is 3.30. The van der Waals surface area contributed by atoms with Crippen LogP contribution in [0, 0.1) is 17.8 Å². The van der Waals surface area contributed by atoms with Crippen LogP contribution in [0.15, 0.2) is 83.8 Å². The van der Waals surface area contributed by atoms with Crippen molar-refractivity contribution in [1.82, 2.24) is 9.78 Å². The van der Waals surface area contributed by atoms with Gasteiger partial charge in [0, 0.05) is 28.4 Å². The molecule has 0 bridgehead atoms. The molecule has 4 aromatic rings. The summed E-state index contributed by atoms with van der Waals surface area (Å²) in [6.07, 6.45) is 2.62. The van der Waals surface area contributed by atoms with E-state index < -0.39 is 17.8 Å². The summed E-state index contributed by atoms with van der Waals surface area (Å²) < 4.78 is 1.33. The molecular formula is C28H23ClN2O4. The Morgan fingerprint density at radius 1 is 0.943 bits per heavy atom. The molecule has 1 N–H and O–H groups in total. The number of ketones is 1. The lowest BCUT2D eigenvalue weighted by molar-refractivity contribution is -0.144. The molecule has 1 aliphatic rings. The number of carboxylic acids is 1. The molecule has 0 aliphatic heterocycles. The number of aromatic nitrogens is 2. The van der Waals surface area contributed by atoms with Gasteiger partial charge in [-0.05, 0) is 48.1 Å². The molecule has 3 unspecified atom stereocenters. The molecule has 5 rings (SSSR count). The van der Waals surface area contributed by atoms with E-state index in [1.807, 2.05) is 48.5 Å². The summed E-state index contributed by atoms with van der Waals surface area (Å²) in [6.45, 7) is 0.167. The standard InChI is InChI=1S/C28H23ClN2O4/c29-22-12-9-18(10-13-22)17-5-7-19(8-6-17)26(32)24-14-11-21(25(24)28(34)35)16-31-27(33)23-4-2-1-3-20(23)15-30-31/h1-10,12-13,15,21,24-25H,11,14,16H2,(H,34,35). The molecule has 1 heterocycles. The van der Waals surface area contributed by atoms with Crippen molar-refractivity contribution in [2.45, 2.75) is 19.4 Å². The molecular weight excluding hydrogens is 464 g/mol. The summed E-state index contributed by atoms with van der Waals surface area (Å²) >= 11 is 5.96. The zero-order valence-electron chi connectivity index (χ0n) is 18.8. The highest BCUT2D eigenvalue weighted by Gasteiger charge is 2.45. The fourth-order valence-corrected chi connectivity index (χ4v) is 5.24. The van der Waals surface area contributed by atoms with E-state index >= 15 is 0 Å². The van der Waals surface area contributed by atoms with Gasteiger partial charge in [0.25, 0.3) is 5.56 Å². The van der Waals surface area contributed by atoms with E-state index in [1.165, 1.54) is 4.68 Å². The van der Waals surface area contributed by atoms with Crippen LogP contribution in [0.3, 0.4) is 0 Å². The molecule has 0 saturated heterocycles. The zero-order valence-corrected chi connectivity index (χ0v) is 19.6. The predicted molar refractivity (Wildman–Crippen MR) is 135 cm³/mol. The number of halogens is 1. The smallest absolute Gasteiger partial charge is 0.307 e. The van der Waals surface area contributed by atoms with Gasteiger partial charge in [0.15, 0.2) is 5.78 Å². The maximum atomic E-state index is 13.3. The van der Waals surface area contributed by atoms with Crippen LogP contribution in [0.1, 0.15) is 23.2 Å². The molecule has 1 aromatic heterocycles. The van der Waals surface area contributed by atoms with E-state index in [2.05, 4.69) is 5.10 Å². The third-order valence-electron chi connectivity index (χ3n) is 6.93. The van der Waals surface area contributed by atoms with Crippen molar-refractivity contribution in [3.05, 3.63) is 99.9 Å². The number of fused-ring (bicyclic) bond motifs is 1. The second kappa shape index (κ2) is 9.47. The Balaban J connectivity index is 1.36. The van der Waals surface area contributed by atoms with Crippen molar-refractivity contribution in [3.8, 4) is 11.1 Å². The van der Waals surface area contributed by atoms with Gasteiger partial charge in [-0.2, -0.15) is 5.10 Å². The Morgan fingerprint density at radius 3 is 2.29 bits per heavy atom. The largest absolute Gasteiger partial charge is 0.481 e. The number of aliphatic carboxylic acids is 1. The second-order valence-corrected chi connectivity index (χ2v) is 9.41. The predicted octanol–water partition coefficient (Wildman–Crippen LogP) is 5.33. The van der Waals surface area contributed by atoms with Crippen LogP contribution < -0.4 is 5.56 Å². The lowest BCUT2D eigenvalue weighted by atomic mass is 9.84. The zero-order chi connectivity index (χ0) is 24.5. The first-order chi connectivity index (χ1) is 16.9. The van der Waals surface area contributed by atoms with E-state index in [-0.39, 0.29) is 23.8 Å². The molecule has 1 fully saturated rings. The maximum absolute atomic E-state index is 13.3. The van der Waals surface area contributed by atoms with Gasteiger partial charge < -0.3 is 5.11 Å². The lowest BCUT2D eigenvalue weighted by Gasteiger charge is -2.21. The van der Waals surface area contributed by atoms with Gasteiger partial charge in [-0.25, -0.2) is 4.68 Å². The number of carbonyl (C=O) groups is 2. The molecule has 0 amide bonds. The second-order valence-electron chi connectivity index (χ2n) is 8.98. The third kappa shape index (κ3) is 4.49. The van der Waals surface area contributed by atoms with Gasteiger partial charge in [0.1, 0.15) is 0 Å². The van der Waals surface area contributed by atoms with Gasteiger partial charge in [0.05, 0.1) is 17.5 Å². The Labute approximate surface area is 206 Å². The van der Waals surface area contributed by atoms with E-state index in [9.17, 15) is 19.5 Å². The van der Waals surface area contributed by atoms with Crippen LogP contribution >= 0.6 is 11.6 Å². The van der Waals surface area contributed by atoms with Crippen molar-refractivity contribution in [2.24, 2.45) is 17.8 Å². The summed E-state index contributed by atoms with van der Waals surface area (Å²) in [5.74, 6) is -3.08. The minimum absolute atomic E-state index is 0.167. The number of nitrogens with zero attached hydrogens (tertiary/aromatic N) is 2. The molecule has 1 aliphatic carbocycles. The fraction of sp³-hybridized carbons (Fsp3) is 0.214. The normalized spacial score (nSPS) is 19.6. The molecule has 3 atom stereocenters. The SMILES string of the molecule is O=C(c1ccc(-c2ccc(Cl)cc2)cc1)C1CCC(Cn2ncc3ccccc3c2=O)C1C(=O)O. The molecule has 1 saturated carbocycles. The van der Waals surface area contributed by atoms with E-state index in [0.717, 1.165) is 16.5 Å². The Kier molecular flexibility index (Phi) is 6.22. The molecule has 7 heteroatoms. The van der Waals surface area contributed by atoms with Crippen LogP contribution in [0.2, 0.25) is 5.02 Å².